The molecule has 5 nitrogen and oxygen atoms in total. The van der Waals surface area contributed by atoms with Gasteiger partial charge in [0, 0.05) is 43.5 Å². The first-order chi connectivity index (χ1) is 11.1. The lowest BCUT2D eigenvalue weighted by Crippen LogP contribution is -2.34. The first-order valence-electron chi connectivity index (χ1n) is 7.82. The van der Waals surface area contributed by atoms with E-state index in [1.807, 2.05) is 37.3 Å². The Morgan fingerprint density at radius 1 is 1.20 bits per heavy atom. The van der Waals surface area contributed by atoms with Gasteiger partial charge in [0.2, 0.25) is 0 Å². The Morgan fingerprint density at radius 2 is 1.92 bits per heavy atom. The molecule has 0 radical (unpaired) electrons. The van der Waals surface area contributed by atoms with Crippen LogP contribution in [0.4, 0.5) is 0 Å². The van der Waals surface area contributed by atoms with Crippen molar-refractivity contribution in [3.63, 3.8) is 0 Å². The fourth-order valence-electron chi connectivity index (χ4n) is 2.72. The predicted molar refractivity (Wildman–Crippen MR) is 104 cm³/mol. The number of hydrogen-bond acceptors (Lipinski definition) is 4. The molecular weight excluding hydrogens is 361 g/mol. The molecule has 0 aliphatic carbocycles. The maximum absolute atomic E-state index is 12.3. The number of pyridine rings is 1. The Kier molecular flexibility index (Phi) is 8.32. The molecule has 1 amide bonds. The zero-order valence-corrected chi connectivity index (χ0v) is 15.6. The van der Waals surface area contributed by atoms with Crippen LogP contribution in [0.5, 0.6) is 0 Å². The van der Waals surface area contributed by atoms with Crippen molar-refractivity contribution in [2.45, 2.75) is 13.0 Å². The third-order valence-electron chi connectivity index (χ3n) is 4.21. The highest BCUT2D eigenvalue weighted by Crippen LogP contribution is 2.20. The quantitative estimate of drug-likeness (QED) is 0.756. The number of halogens is 2. The maximum Gasteiger partial charge on any atom is 0.252 e. The van der Waals surface area contributed by atoms with Gasteiger partial charge in [-0.1, -0.05) is 29.8 Å². The summed E-state index contributed by atoms with van der Waals surface area (Å²) in [5, 5.41) is 15.7. The van der Waals surface area contributed by atoms with Crippen molar-refractivity contribution in [1.29, 1.82) is 0 Å². The third kappa shape index (κ3) is 5.41. The van der Waals surface area contributed by atoms with E-state index in [0.717, 1.165) is 17.7 Å². The fourth-order valence-corrected chi connectivity index (χ4v) is 2.72. The molecule has 1 aromatic heterocycles. The van der Waals surface area contributed by atoms with E-state index in [9.17, 15) is 9.90 Å². The molecule has 2 atom stereocenters. The predicted octanol–water partition coefficient (Wildman–Crippen LogP) is 2.21. The topological polar surface area (TPSA) is 74.2 Å². The lowest BCUT2D eigenvalue weighted by molar-refractivity contribution is 0.0926. The van der Waals surface area contributed by atoms with Crippen LogP contribution in [0.25, 0.3) is 11.1 Å². The van der Waals surface area contributed by atoms with Gasteiger partial charge in [0.05, 0.1) is 11.7 Å². The molecule has 0 saturated carbocycles. The van der Waals surface area contributed by atoms with Crippen molar-refractivity contribution in [3.8, 4) is 11.1 Å². The Bertz CT molecular complexity index is 695. The Morgan fingerprint density at radius 3 is 2.56 bits per heavy atom. The number of rotatable bonds is 4. The monoisotopic (exact) mass is 383 g/mol. The summed E-state index contributed by atoms with van der Waals surface area (Å²) >= 11 is 0. The highest BCUT2D eigenvalue weighted by Gasteiger charge is 2.25. The summed E-state index contributed by atoms with van der Waals surface area (Å²) in [6.07, 6.45) is 2.93. The van der Waals surface area contributed by atoms with Gasteiger partial charge in [0.15, 0.2) is 0 Å². The van der Waals surface area contributed by atoms with Gasteiger partial charge in [-0.2, -0.15) is 0 Å². The highest BCUT2D eigenvalue weighted by molar-refractivity contribution is 5.95. The first kappa shape index (κ1) is 21.4. The molecule has 136 valence electrons. The van der Waals surface area contributed by atoms with Crippen molar-refractivity contribution in [1.82, 2.24) is 15.6 Å². The van der Waals surface area contributed by atoms with Crippen molar-refractivity contribution in [2.24, 2.45) is 5.92 Å². The number of carbonyl (C=O) groups excluding carboxylic acids is 1. The second-order valence-electron chi connectivity index (χ2n) is 6.02. The molecular formula is C18H23Cl2N3O2. The van der Waals surface area contributed by atoms with Crippen molar-refractivity contribution < 1.29 is 9.90 Å². The number of aliphatic hydroxyl groups excluding tert-OH is 1. The molecule has 1 aliphatic rings. The van der Waals surface area contributed by atoms with Gasteiger partial charge in [0.1, 0.15) is 0 Å². The van der Waals surface area contributed by atoms with Gasteiger partial charge in [-0.15, -0.1) is 24.8 Å². The number of aromatic nitrogens is 1. The Hall–Kier alpha value is -1.66. The molecule has 0 bridgehead atoms. The van der Waals surface area contributed by atoms with E-state index in [0.29, 0.717) is 18.7 Å². The Labute approximate surface area is 160 Å². The van der Waals surface area contributed by atoms with Crippen LogP contribution in [-0.2, 0) is 0 Å². The molecule has 3 N–H and O–H groups in total. The van der Waals surface area contributed by atoms with Crippen LogP contribution in [0.15, 0.2) is 42.7 Å². The average molecular weight is 384 g/mol. The smallest absolute Gasteiger partial charge is 0.252 e. The van der Waals surface area contributed by atoms with E-state index in [4.69, 9.17) is 0 Å². The van der Waals surface area contributed by atoms with E-state index in [1.165, 1.54) is 5.56 Å². The number of β-amino-alcohol motifs (C(OH)–C–C–N with tert-alkyl or cyclic N) is 1. The maximum atomic E-state index is 12.3. The van der Waals surface area contributed by atoms with E-state index < -0.39 is 6.10 Å². The van der Waals surface area contributed by atoms with Gasteiger partial charge < -0.3 is 15.7 Å². The molecule has 1 saturated heterocycles. The minimum Gasteiger partial charge on any atom is -0.391 e. The van der Waals surface area contributed by atoms with Crippen molar-refractivity contribution >= 4 is 30.7 Å². The molecule has 1 aliphatic heterocycles. The molecule has 2 aromatic rings. The summed E-state index contributed by atoms with van der Waals surface area (Å²) in [7, 11) is 0. The van der Waals surface area contributed by atoms with Gasteiger partial charge in [-0.3, -0.25) is 9.78 Å². The number of carbonyl (C=O) groups is 1. The standard InChI is InChI=1S/C18H21N3O2.2ClH/c1-12-2-4-13(5-3-12)14-6-15(8-19-7-14)18(23)21-10-16-9-20-11-17(16)22;;/h2-8,16-17,20,22H,9-11H2,1H3,(H,21,23);2*1H. The van der Waals surface area contributed by atoms with E-state index in [2.05, 4.69) is 15.6 Å². The molecule has 2 heterocycles. The molecule has 1 fully saturated rings. The summed E-state index contributed by atoms with van der Waals surface area (Å²) in [4.78, 5) is 16.5. The number of nitrogens with zero attached hydrogens (tertiary/aromatic N) is 1. The number of amides is 1. The largest absolute Gasteiger partial charge is 0.391 e. The minimum absolute atomic E-state index is 0. The number of aliphatic hydroxyl groups is 1. The van der Waals surface area contributed by atoms with Gasteiger partial charge in [-0.25, -0.2) is 0 Å². The average Bonchev–Trinajstić information content (AvgIpc) is 2.98. The van der Waals surface area contributed by atoms with Crippen LogP contribution < -0.4 is 10.6 Å². The summed E-state index contributed by atoms with van der Waals surface area (Å²) in [6.45, 7) is 3.81. The second-order valence-corrected chi connectivity index (χ2v) is 6.02. The lowest BCUT2D eigenvalue weighted by Gasteiger charge is -2.14. The van der Waals surface area contributed by atoms with Crippen LogP contribution in [0.3, 0.4) is 0 Å². The molecule has 2 unspecified atom stereocenters. The van der Waals surface area contributed by atoms with Crippen LogP contribution in [0.2, 0.25) is 0 Å². The van der Waals surface area contributed by atoms with Crippen molar-refractivity contribution in [2.75, 3.05) is 19.6 Å². The fraction of sp³-hybridized carbons (Fsp3) is 0.333. The van der Waals surface area contributed by atoms with E-state index in [-0.39, 0.29) is 36.6 Å². The summed E-state index contributed by atoms with van der Waals surface area (Å²) in [5.74, 6) is -0.0993. The number of hydrogen-bond donors (Lipinski definition) is 3. The normalized spacial score (nSPS) is 18.8. The number of nitrogens with one attached hydrogen (secondary N) is 2. The van der Waals surface area contributed by atoms with E-state index >= 15 is 0 Å². The number of benzene rings is 1. The highest BCUT2D eigenvalue weighted by atomic mass is 35.5. The SMILES string of the molecule is Cc1ccc(-c2cncc(C(=O)NCC3CNCC3O)c2)cc1.Cl.Cl. The minimum atomic E-state index is -0.396. The molecule has 0 spiro atoms. The third-order valence-corrected chi connectivity index (χ3v) is 4.21. The van der Waals surface area contributed by atoms with Gasteiger partial charge >= 0.3 is 0 Å². The lowest BCUT2D eigenvalue weighted by atomic mass is 10.0. The van der Waals surface area contributed by atoms with Gasteiger partial charge in [0.25, 0.3) is 5.91 Å². The summed E-state index contributed by atoms with van der Waals surface area (Å²) in [6, 6.07) is 9.96. The zero-order chi connectivity index (χ0) is 16.2. The molecule has 7 heteroatoms. The molecule has 3 rings (SSSR count). The summed E-state index contributed by atoms with van der Waals surface area (Å²) < 4.78 is 0. The van der Waals surface area contributed by atoms with Crippen LogP contribution in [-0.4, -0.2) is 41.7 Å². The van der Waals surface area contributed by atoms with Crippen LogP contribution in [0.1, 0.15) is 15.9 Å². The van der Waals surface area contributed by atoms with Crippen LogP contribution in [0, 0.1) is 12.8 Å². The first-order valence-corrected chi connectivity index (χ1v) is 7.82. The summed E-state index contributed by atoms with van der Waals surface area (Å²) in [5.41, 5.74) is 3.68. The van der Waals surface area contributed by atoms with Gasteiger partial charge in [-0.05, 0) is 18.6 Å². The Balaban J connectivity index is 0.00000156. The molecule has 1 aromatic carbocycles. The molecule has 25 heavy (non-hydrogen) atoms. The number of aryl methyl sites for hydroxylation is 1. The van der Waals surface area contributed by atoms with E-state index in [1.54, 1.807) is 12.4 Å². The van der Waals surface area contributed by atoms with Crippen molar-refractivity contribution in [3.05, 3.63) is 53.9 Å². The van der Waals surface area contributed by atoms with Crippen LogP contribution >= 0.6 is 24.8 Å². The second kappa shape index (κ2) is 9.73. The zero-order valence-electron chi connectivity index (χ0n) is 13.9.